The van der Waals surface area contributed by atoms with Crippen LogP contribution in [0.15, 0.2) is 42.5 Å². The molecular formula is C19H15ClN4O4S. The fraction of sp³-hybridized carbons (Fsp3) is 0.158. The molecule has 0 spiro atoms. The number of anilines is 1. The summed E-state index contributed by atoms with van der Waals surface area (Å²) in [6.07, 6.45) is 0. The van der Waals surface area contributed by atoms with Gasteiger partial charge in [-0.2, -0.15) is 16.9 Å². The summed E-state index contributed by atoms with van der Waals surface area (Å²) in [5, 5.41) is 19.0. The maximum absolute atomic E-state index is 12.9. The van der Waals surface area contributed by atoms with Gasteiger partial charge in [0.05, 0.1) is 23.4 Å². The summed E-state index contributed by atoms with van der Waals surface area (Å²) in [6.45, 7) is 0. The first-order chi connectivity index (χ1) is 14.0. The summed E-state index contributed by atoms with van der Waals surface area (Å²) in [4.78, 5) is 23.7. The number of nitrogens with zero attached hydrogens (tertiary/aromatic N) is 3. The Morgan fingerprint density at radius 2 is 2.03 bits per heavy atom. The van der Waals surface area contributed by atoms with E-state index >= 15 is 0 Å². The molecule has 1 amide bonds. The number of nitro groups is 1. The van der Waals surface area contributed by atoms with Gasteiger partial charge in [-0.3, -0.25) is 14.9 Å². The van der Waals surface area contributed by atoms with E-state index in [1.165, 1.54) is 18.2 Å². The normalized spacial score (nSPS) is 12.5. The van der Waals surface area contributed by atoms with Gasteiger partial charge in [0, 0.05) is 28.2 Å². The van der Waals surface area contributed by atoms with Crippen molar-refractivity contribution in [2.24, 2.45) is 0 Å². The molecule has 8 nitrogen and oxygen atoms in total. The number of carbonyl (C=O) groups excluding carboxylic acids is 1. The minimum atomic E-state index is -0.617. The van der Waals surface area contributed by atoms with Crippen molar-refractivity contribution in [1.29, 1.82) is 0 Å². The van der Waals surface area contributed by atoms with Crippen LogP contribution in [0.3, 0.4) is 0 Å². The maximum atomic E-state index is 12.9. The van der Waals surface area contributed by atoms with Gasteiger partial charge in [0.15, 0.2) is 0 Å². The Balaban J connectivity index is 1.75. The van der Waals surface area contributed by atoms with Gasteiger partial charge in [0.2, 0.25) is 0 Å². The van der Waals surface area contributed by atoms with E-state index in [4.69, 9.17) is 16.3 Å². The van der Waals surface area contributed by atoms with Crippen molar-refractivity contribution < 1.29 is 14.5 Å². The summed E-state index contributed by atoms with van der Waals surface area (Å²) in [5.41, 5.74) is 2.10. The Hall–Kier alpha value is -3.04. The number of methoxy groups -OCH3 is 1. The monoisotopic (exact) mass is 430 g/mol. The number of carbonyl (C=O) groups is 1. The molecule has 0 saturated carbocycles. The molecule has 0 aliphatic carbocycles. The van der Waals surface area contributed by atoms with Crippen molar-refractivity contribution in [1.82, 2.24) is 9.78 Å². The molecule has 0 bridgehead atoms. The number of rotatable bonds is 5. The number of aromatic nitrogens is 2. The molecule has 1 aliphatic rings. The fourth-order valence-corrected chi connectivity index (χ4v) is 4.28. The van der Waals surface area contributed by atoms with E-state index in [1.54, 1.807) is 35.7 Å². The van der Waals surface area contributed by atoms with E-state index in [0.717, 1.165) is 22.7 Å². The molecule has 3 aromatic rings. The lowest BCUT2D eigenvalue weighted by atomic mass is 10.1. The van der Waals surface area contributed by atoms with Crippen LogP contribution in [-0.2, 0) is 11.5 Å². The smallest absolute Gasteiger partial charge is 0.282 e. The highest BCUT2D eigenvalue weighted by Gasteiger charge is 2.27. The molecule has 1 N–H and O–H groups in total. The fourth-order valence-electron chi connectivity index (χ4n) is 3.08. The van der Waals surface area contributed by atoms with E-state index in [0.29, 0.717) is 17.3 Å². The molecule has 10 heteroatoms. The molecule has 0 unspecified atom stereocenters. The number of halogens is 1. The number of nitro benzene ring substituents is 1. The van der Waals surface area contributed by atoms with Crippen LogP contribution in [-0.4, -0.2) is 27.7 Å². The molecule has 1 aliphatic heterocycles. The second-order valence-corrected chi connectivity index (χ2v) is 7.67. The molecule has 148 valence electrons. The first-order valence-corrected chi connectivity index (χ1v) is 10.1. The van der Waals surface area contributed by atoms with E-state index in [1.807, 2.05) is 12.1 Å². The zero-order chi connectivity index (χ0) is 20.5. The van der Waals surface area contributed by atoms with Gasteiger partial charge >= 0.3 is 0 Å². The largest absolute Gasteiger partial charge is 0.497 e. The highest BCUT2D eigenvalue weighted by molar-refractivity contribution is 7.98. The van der Waals surface area contributed by atoms with Crippen LogP contribution in [0.2, 0.25) is 5.02 Å². The summed E-state index contributed by atoms with van der Waals surface area (Å²) in [6, 6.07) is 11.1. The minimum absolute atomic E-state index is 0.107. The topological polar surface area (TPSA) is 99.3 Å². The Morgan fingerprint density at radius 1 is 1.28 bits per heavy atom. The SMILES string of the molecule is COc1ccc(-n2nc3c(c2NC(=O)c2cc(Cl)ccc2[N+](=O)[O-])CSC3)cc1. The third kappa shape index (κ3) is 3.66. The number of fused-ring (bicyclic) bond motifs is 1. The Kier molecular flexibility index (Phi) is 5.16. The Morgan fingerprint density at radius 3 is 2.72 bits per heavy atom. The predicted octanol–water partition coefficient (Wildman–Crippen LogP) is 4.44. The average Bonchev–Trinajstić information content (AvgIpc) is 3.30. The van der Waals surface area contributed by atoms with Gasteiger partial charge in [0.25, 0.3) is 11.6 Å². The number of benzene rings is 2. The van der Waals surface area contributed by atoms with E-state index < -0.39 is 10.8 Å². The average molecular weight is 431 g/mol. The molecule has 0 radical (unpaired) electrons. The van der Waals surface area contributed by atoms with Crippen LogP contribution in [0.4, 0.5) is 11.5 Å². The minimum Gasteiger partial charge on any atom is -0.497 e. The van der Waals surface area contributed by atoms with Crippen molar-refractivity contribution >= 4 is 40.8 Å². The molecule has 0 fully saturated rings. The third-order valence-corrected chi connectivity index (χ3v) is 5.71. The van der Waals surface area contributed by atoms with Crippen LogP contribution in [0.25, 0.3) is 5.69 Å². The molecular weight excluding hydrogens is 416 g/mol. The molecule has 2 aromatic carbocycles. The zero-order valence-electron chi connectivity index (χ0n) is 15.2. The van der Waals surface area contributed by atoms with Crippen molar-refractivity contribution in [3.63, 3.8) is 0 Å². The lowest BCUT2D eigenvalue weighted by Crippen LogP contribution is -2.17. The maximum Gasteiger partial charge on any atom is 0.282 e. The van der Waals surface area contributed by atoms with Crippen molar-refractivity contribution in [3.05, 3.63) is 74.4 Å². The number of thioether (sulfide) groups is 1. The van der Waals surface area contributed by atoms with Crippen LogP contribution >= 0.6 is 23.4 Å². The summed E-state index contributed by atoms with van der Waals surface area (Å²) < 4.78 is 6.82. The highest BCUT2D eigenvalue weighted by atomic mass is 35.5. The number of hydrogen-bond acceptors (Lipinski definition) is 6. The quantitative estimate of drug-likeness (QED) is 0.474. The molecule has 1 aromatic heterocycles. The van der Waals surface area contributed by atoms with Gasteiger partial charge in [-0.25, -0.2) is 4.68 Å². The zero-order valence-corrected chi connectivity index (χ0v) is 16.8. The molecule has 2 heterocycles. The van der Waals surface area contributed by atoms with E-state index in [9.17, 15) is 14.9 Å². The number of ether oxygens (including phenoxy) is 1. The molecule has 4 rings (SSSR count). The number of nitrogens with one attached hydrogen (secondary N) is 1. The molecule has 29 heavy (non-hydrogen) atoms. The van der Waals surface area contributed by atoms with E-state index in [-0.39, 0.29) is 16.3 Å². The standard InChI is InChI=1S/C19H15ClN4O4S/c1-28-13-5-3-12(4-6-13)23-18(15-9-29-10-16(15)22-23)21-19(25)14-8-11(20)2-7-17(14)24(26)27/h2-8H,9-10H2,1H3,(H,21,25). The van der Waals surface area contributed by atoms with Crippen LogP contribution < -0.4 is 10.1 Å². The highest BCUT2D eigenvalue weighted by Crippen LogP contribution is 2.37. The number of hydrogen-bond donors (Lipinski definition) is 1. The van der Waals surface area contributed by atoms with Crippen LogP contribution in [0.1, 0.15) is 21.6 Å². The predicted molar refractivity (Wildman–Crippen MR) is 111 cm³/mol. The Labute approximate surface area is 175 Å². The lowest BCUT2D eigenvalue weighted by Gasteiger charge is -2.12. The summed E-state index contributed by atoms with van der Waals surface area (Å²) in [5.74, 6) is 2.00. The van der Waals surface area contributed by atoms with Gasteiger partial charge in [-0.1, -0.05) is 11.6 Å². The van der Waals surface area contributed by atoms with Crippen LogP contribution in [0, 0.1) is 10.1 Å². The van der Waals surface area contributed by atoms with Gasteiger partial charge in [-0.05, 0) is 36.4 Å². The van der Waals surface area contributed by atoms with Crippen molar-refractivity contribution in [2.75, 3.05) is 12.4 Å². The second-order valence-electron chi connectivity index (χ2n) is 6.25. The third-order valence-electron chi connectivity index (χ3n) is 4.50. The second kappa shape index (κ2) is 7.76. The van der Waals surface area contributed by atoms with Crippen LogP contribution in [0.5, 0.6) is 5.75 Å². The summed E-state index contributed by atoms with van der Waals surface area (Å²) in [7, 11) is 1.58. The number of amides is 1. The first-order valence-electron chi connectivity index (χ1n) is 8.56. The van der Waals surface area contributed by atoms with Crippen molar-refractivity contribution in [2.45, 2.75) is 11.5 Å². The van der Waals surface area contributed by atoms with Gasteiger partial charge in [0.1, 0.15) is 17.1 Å². The van der Waals surface area contributed by atoms with E-state index in [2.05, 4.69) is 10.4 Å². The summed E-state index contributed by atoms with van der Waals surface area (Å²) >= 11 is 7.65. The Bertz CT molecular complexity index is 1110. The molecule has 0 saturated heterocycles. The van der Waals surface area contributed by atoms with Gasteiger partial charge in [-0.15, -0.1) is 0 Å². The van der Waals surface area contributed by atoms with Gasteiger partial charge < -0.3 is 10.1 Å². The lowest BCUT2D eigenvalue weighted by molar-refractivity contribution is -0.385. The molecule has 0 atom stereocenters. The van der Waals surface area contributed by atoms with Crippen molar-refractivity contribution in [3.8, 4) is 11.4 Å². The first kappa shape index (κ1) is 19.3.